The van der Waals surface area contributed by atoms with E-state index in [1.54, 1.807) is 0 Å². The molecule has 0 heterocycles. The molecule has 0 saturated carbocycles. The van der Waals surface area contributed by atoms with Gasteiger partial charge in [0.1, 0.15) is 5.69 Å². The molecule has 0 fully saturated rings. The summed E-state index contributed by atoms with van der Waals surface area (Å²) in [6.07, 6.45) is -12.9. The van der Waals surface area contributed by atoms with Crippen LogP contribution in [0, 0.1) is 29.1 Å². The molecular formula is C11H4F11NO. The number of halogens is 11. The van der Waals surface area contributed by atoms with Gasteiger partial charge in [0.15, 0.2) is 23.3 Å². The zero-order valence-electron chi connectivity index (χ0n) is 11.1. The molecule has 0 saturated heterocycles. The summed E-state index contributed by atoms with van der Waals surface area (Å²) in [6, 6.07) is 0. The van der Waals surface area contributed by atoms with Gasteiger partial charge in [-0.2, -0.15) is 26.3 Å². The highest BCUT2D eigenvalue weighted by Gasteiger charge is 2.72. The normalized spacial score (nSPS) is 14.3. The molecule has 1 aromatic carbocycles. The van der Waals surface area contributed by atoms with Gasteiger partial charge >= 0.3 is 12.4 Å². The Bertz CT molecular complexity index is 646. The van der Waals surface area contributed by atoms with E-state index >= 15 is 0 Å². The lowest BCUT2D eigenvalue weighted by Gasteiger charge is -2.32. The Balaban J connectivity index is 3.73. The second kappa shape index (κ2) is 5.86. The van der Waals surface area contributed by atoms with Crippen LogP contribution in [0.5, 0.6) is 0 Å². The van der Waals surface area contributed by atoms with Crippen molar-refractivity contribution in [3.63, 3.8) is 0 Å². The van der Waals surface area contributed by atoms with Crippen LogP contribution in [-0.2, 0) is 0 Å². The summed E-state index contributed by atoms with van der Waals surface area (Å²) >= 11 is 0. The number of rotatable bonds is 2. The van der Waals surface area contributed by atoms with Gasteiger partial charge in [-0.15, -0.1) is 0 Å². The SMILES string of the molecule is C/C(=N/c1c(F)c(F)c(F)c(F)c1F)C(O)(C(F)(F)F)C(F)(F)F. The molecule has 1 rings (SSSR count). The minimum atomic E-state index is -6.44. The lowest BCUT2D eigenvalue weighted by Crippen LogP contribution is -2.61. The van der Waals surface area contributed by atoms with Crippen molar-refractivity contribution in [2.24, 2.45) is 4.99 Å². The number of benzene rings is 1. The Morgan fingerprint density at radius 2 is 1.00 bits per heavy atom. The van der Waals surface area contributed by atoms with E-state index in [4.69, 9.17) is 5.11 Å². The fourth-order valence-electron chi connectivity index (χ4n) is 1.51. The Morgan fingerprint density at radius 3 is 1.29 bits per heavy atom. The molecule has 136 valence electrons. The summed E-state index contributed by atoms with van der Waals surface area (Å²) in [5.74, 6) is -13.5. The van der Waals surface area contributed by atoms with Gasteiger partial charge in [-0.1, -0.05) is 0 Å². The van der Waals surface area contributed by atoms with E-state index in [9.17, 15) is 48.3 Å². The standard InChI is InChI=1S/C11H4F11NO/c1-2(9(24,10(17,18)19)11(20,21)22)23-8-6(15)4(13)3(12)5(14)7(8)16/h24H,1H3/b23-2-. The van der Waals surface area contributed by atoms with E-state index < -0.39 is 58.4 Å². The third kappa shape index (κ3) is 2.91. The van der Waals surface area contributed by atoms with Crippen LogP contribution in [0.15, 0.2) is 4.99 Å². The first kappa shape index (κ1) is 20.1. The minimum absolute atomic E-state index is 0.140. The molecule has 0 atom stereocenters. The summed E-state index contributed by atoms with van der Waals surface area (Å²) in [6.45, 7) is -0.140. The molecular weight excluding hydrogens is 371 g/mol. The van der Waals surface area contributed by atoms with Gasteiger partial charge in [-0.25, -0.2) is 26.9 Å². The molecule has 0 aliphatic carbocycles. The highest BCUT2D eigenvalue weighted by molar-refractivity contribution is 5.94. The van der Waals surface area contributed by atoms with Crippen LogP contribution in [-0.4, -0.2) is 28.8 Å². The van der Waals surface area contributed by atoms with Crippen molar-refractivity contribution in [3.8, 4) is 0 Å². The molecule has 0 radical (unpaired) electrons. The van der Waals surface area contributed by atoms with E-state index in [1.165, 1.54) is 0 Å². The van der Waals surface area contributed by atoms with Gasteiger partial charge in [-0.05, 0) is 6.92 Å². The lowest BCUT2D eigenvalue weighted by atomic mass is 9.97. The third-order valence-electron chi connectivity index (χ3n) is 2.81. The van der Waals surface area contributed by atoms with Gasteiger partial charge in [-0.3, -0.25) is 0 Å². The highest BCUT2D eigenvalue weighted by Crippen LogP contribution is 2.45. The first-order chi connectivity index (χ1) is 10.6. The summed E-state index contributed by atoms with van der Waals surface area (Å²) in [5, 5.41) is 8.90. The molecule has 0 aromatic heterocycles. The van der Waals surface area contributed by atoms with Crippen LogP contribution in [0.2, 0.25) is 0 Å². The maximum absolute atomic E-state index is 13.3. The second-order valence-corrected chi connectivity index (χ2v) is 4.32. The quantitative estimate of drug-likeness (QED) is 0.355. The summed E-state index contributed by atoms with van der Waals surface area (Å²) < 4.78 is 140. The average molecular weight is 375 g/mol. The largest absolute Gasteiger partial charge is 0.431 e. The van der Waals surface area contributed by atoms with E-state index in [-0.39, 0.29) is 6.92 Å². The zero-order chi connectivity index (χ0) is 19.2. The molecule has 0 amide bonds. The fraction of sp³-hybridized carbons (Fsp3) is 0.364. The zero-order valence-corrected chi connectivity index (χ0v) is 11.1. The number of aliphatic imine (C=N–C) groups is 1. The summed E-state index contributed by atoms with van der Waals surface area (Å²) in [5.41, 5.74) is -10.4. The predicted octanol–water partition coefficient (Wildman–Crippen LogP) is 4.33. The minimum Gasteiger partial charge on any atom is -0.369 e. The maximum atomic E-state index is 13.3. The average Bonchev–Trinajstić information content (AvgIpc) is 2.44. The van der Waals surface area contributed by atoms with E-state index in [0.29, 0.717) is 0 Å². The Hall–Kier alpha value is -1.92. The maximum Gasteiger partial charge on any atom is 0.431 e. The third-order valence-corrected chi connectivity index (χ3v) is 2.81. The molecule has 1 aromatic rings. The van der Waals surface area contributed by atoms with Crippen LogP contribution in [0.3, 0.4) is 0 Å². The van der Waals surface area contributed by atoms with Crippen molar-refractivity contribution >= 4 is 11.4 Å². The van der Waals surface area contributed by atoms with Crippen LogP contribution in [0.4, 0.5) is 54.0 Å². The van der Waals surface area contributed by atoms with E-state index in [0.717, 1.165) is 0 Å². The molecule has 2 nitrogen and oxygen atoms in total. The number of nitrogens with zero attached hydrogens (tertiary/aromatic N) is 1. The molecule has 13 heteroatoms. The number of hydrogen-bond donors (Lipinski definition) is 1. The van der Waals surface area contributed by atoms with Crippen LogP contribution < -0.4 is 0 Å². The summed E-state index contributed by atoms with van der Waals surface area (Å²) in [7, 11) is 0. The van der Waals surface area contributed by atoms with E-state index in [2.05, 4.69) is 4.99 Å². The molecule has 24 heavy (non-hydrogen) atoms. The lowest BCUT2D eigenvalue weighted by molar-refractivity contribution is -0.338. The van der Waals surface area contributed by atoms with Gasteiger partial charge < -0.3 is 5.11 Å². The van der Waals surface area contributed by atoms with Crippen molar-refractivity contribution < 1.29 is 53.4 Å². The van der Waals surface area contributed by atoms with E-state index in [1.807, 2.05) is 0 Å². The Kier molecular flexibility index (Phi) is 4.92. The topological polar surface area (TPSA) is 32.6 Å². The Labute approximate surface area is 125 Å². The van der Waals surface area contributed by atoms with Gasteiger partial charge in [0, 0.05) is 0 Å². The molecule has 0 aliphatic heterocycles. The van der Waals surface area contributed by atoms with Crippen LogP contribution in [0.1, 0.15) is 6.92 Å². The predicted molar refractivity (Wildman–Crippen MR) is 56.1 cm³/mol. The molecule has 0 spiro atoms. The van der Waals surface area contributed by atoms with Gasteiger partial charge in [0.2, 0.25) is 5.82 Å². The fourth-order valence-corrected chi connectivity index (χ4v) is 1.51. The molecule has 1 N–H and O–H groups in total. The van der Waals surface area contributed by atoms with Crippen LogP contribution in [0.25, 0.3) is 0 Å². The molecule has 0 unspecified atom stereocenters. The highest BCUT2D eigenvalue weighted by atomic mass is 19.4. The smallest absolute Gasteiger partial charge is 0.369 e. The number of hydrogen-bond acceptors (Lipinski definition) is 2. The van der Waals surface area contributed by atoms with Gasteiger partial charge in [0.25, 0.3) is 5.60 Å². The van der Waals surface area contributed by atoms with Crippen molar-refractivity contribution in [2.45, 2.75) is 24.9 Å². The second-order valence-electron chi connectivity index (χ2n) is 4.32. The first-order valence-electron chi connectivity index (χ1n) is 5.50. The molecule has 0 bridgehead atoms. The van der Waals surface area contributed by atoms with Crippen molar-refractivity contribution in [3.05, 3.63) is 29.1 Å². The monoisotopic (exact) mass is 375 g/mol. The molecule has 0 aliphatic rings. The van der Waals surface area contributed by atoms with Crippen molar-refractivity contribution in [2.75, 3.05) is 0 Å². The van der Waals surface area contributed by atoms with Crippen LogP contribution >= 0.6 is 0 Å². The Morgan fingerprint density at radius 1 is 0.708 bits per heavy atom. The van der Waals surface area contributed by atoms with Crippen molar-refractivity contribution in [1.29, 1.82) is 0 Å². The van der Waals surface area contributed by atoms with Crippen molar-refractivity contribution in [1.82, 2.24) is 0 Å². The summed E-state index contributed by atoms with van der Waals surface area (Å²) in [4.78, 5) is 2.16. The van der Waals surface area contributed by atoms with Gasteiger partial charge in [0.05, 0.1) is 5.71 Å². The first-order valence-corrected chi connectivity index (χ1v) is 5.50. The number of aliphatic hydroxyl groups is 1. The number of alkyl halides is 6.